The summed E-state index contributed by atoms with van der Waals surface area (Å²) in [4.78, 5) is 8.78. The van der Waals surface area contributed by atoms with Gasteiger partial charge in [-0.2, -0.15) is 0 Å². The van der Waals surface area contributed by atoms with Gasteiger partial charge in [0.2, 0.25) is 5.88 Å². The number of nitrogens with zero attached hydrogens (tertiary/aromatic N) is 2. The molecule has 1 atom stereocenters. The van der Waals surface area contributed by atoms with Crippen molar-refractivity contribution in [1.29, 1.82) is 0 Å². The molecule has 0 radical (unpaired) electrons. The first kappa shape index (κ1) is 19.5. The van der Waals surface area contributed by atoms with Crippen LogP contribution >= 0.6 is 0 Å². The molecule has 1 aliphatic heterocycles. The van der Waals surface area contributed by atoms with Gasteiger partial charge in [0.05, 0.1) is 25.9 Å². The van der Waals surface area contributed by atoms with Crippen molar-refractivity contribution >= 4 is 5.96 Å². The molecule has 0 aromatic carbocycles. The monoisotopic (exact) mass is 350 g/mol. The SMILES string of the molecule is CCNC(=NCc1ccnc(OCC)c1)NCCCOC1CCOC1. The number of rotatable bonds is 10. The quantitative estimate of drug-likeness (QED) is 0.380. The fourth-order valence-electron chi connectivity index (χ4n) is 2.46. The largest absolute Gasteiger partial charge is 0.478 e. The maximum atomic E-state index is 5.76. The van der Waals surface area contributed by atoms with Crippen LogP contribution in [-0.2, 0) is 16.0 Å². The number of nitrogens with one attached hydrogen (secondary N) is 2. The Morgan fingerprint density at radius 3 is 3.08 bits per heavy atom. The normalized spacial score (nSPS) is 17.5. The van der Waals surface area contributed by atoms with Crippen LogP contribution in [0.15, 0.2) is 23.3 Å². The Hall–Kier alpha value is -1.86. The lowest BCUT2D eigenvalue weighted by molar-refractivity contribution is 0.0420. The van der Waals surface area contributed by atoms with E-state index in [1.54, 1.807) is 6.20 Å². The number of hydrogen-bond donors (Lipinski definition) is 2. The lowest BCUT2D eigenvalue weighted by atomic mass is 10.3. The number of hydrogen-bond acceptors (Lipinski definition) is 5. The first-order valence-corrected chi connectivity index (χ1v) is 9.11. The van der Waals surface area contributed by atoms with Gasteiger partial charge in [0, 0.05) is 38.6 Å². The van der Waals surface area contributed by atoms with E-state index in [9.17, 15) is 0 Å². The Balaban J connectivity index is 1.72. The summed E-state index contributed by atoms with van der Waals surface area (Å²) in [5.41, 5.74) is 1.07. The fourth-order valence-corrected chi connectivity index (χ4v) is 2.46. The van der Waals surface area contributed by atoms with Crippen molar-refractivity contribution in [3.63, 3.8) is 0 Å². The second kappa shape index (κ2) is 11.7. The van der Waals surface area contributed by atoms with Crippen LogP contribution in [0.1, 0.15) is 32.3 Å². The summed E-state index contributed by atoms with van der Waals surface area (Å²) in [7, 11) is 0. The summed E-state index contributed by atoms with van der Waals surface area (Å²) >= 11 is 0. The molecule has 1 fully saturated rings. The molecule has 7 nitrogen and oxygen atoms in total. The molecule has 25 heavy (non-hydrogen) atoms. The molecule has 0 aliphatic carbocycles. The van der Waals surface area contributed by atoms with Gasteiger partial charge in [0.1, 0.15) is 0 Å². The third-order valence-electron chi connectivity index (χ3n) is 3.71. The smallest absolute Gasteiger partial charge is 0.213 e. The number of guanidine groups is 1. The number of pyridine rings is 1. The molecule has 0 spiro atoms. The molecular formula is C18H30N4O3. The molecule has 0 bridgehead atoms. The Bertz CT molecular complexity index is 519. The van der Waals surface area contributed by atoms with Gasteiger partial charge in [0.15, 0.2) is 5.96 Å². The predicted octanol–water partition coefficient (Wildman–Crippen LogP) is 1.73. The molecule has 2 N–H and O–H groups in total. The van der Waals surface area contributed by atoms with Crippen molar-refractivity contribution in [2.75, 3.05) is 39.5 Å². The van der Waals surface area contributed by atoms with E-state index >= 15 is 0 Å². The zero-order valence-corrected chi connectivity index (χ0v) is 15.3. The molecule has 1 unspecified atom stereocenters. The van der Waals surface area contributed by atoms with Gasteiger partial charge in [-0.15, -0.1) is 0 Å². The van der Waals surface area contributed by atoms with E-state index in [0.29, 0.717) is 19.0 Å². The van der Waals surface area contributed by atoms with Crippen LogP contribution in [0, 0.1) is 0 Å². The first-order valence-electron chi connectivity index (χ1n) is 9.11. The van der Waals surface area contributed by atoms with Crippen molar-refractivity contribution in [2.24, 2.45) is 4.99 Å². The van der Waals surface area contributed by atoms with Crippen LogP contribution in [0.5, 0.6) is 5.88 Å². The predicted molar refractivity (Wildman–Crippen MR) is 98.0 cm³/mol. The summed E-state index contributed by atoms with van der Waals surface area (Å²) in [6, 6.07) is 3.88. The molecular weight excluding hydrogens is 320 g/mol. The Morgan fingerprint density at radius 1 is 1.40 bits per heavy atom. The molecule has 1 aromatic heterocycles. The second-order valence-electron chi connectivity index (χ2n) is 5.77. The van der Waals surface area contributed by atoms with Crippen molar-refractivity contribution < 1.29 is 14.2 Å². The van der Waals surface area contributed by atoms with E-state index in [0.717, 1.165) is 57.3 Å². The van der Waals surface area contributed by atoms with E-state index in [1.807, 2.05) is 19.1 Å². The number of ether oxygens (including phenoxy) is 3. The van der Waals surface area contributed by atoms with Crippen molar-refractivity contribution in [2.45, 2.75) is 39.3 Å². The molecule has 2 rings (SSSR count). The molecule has 2 heterocycles. The van der Waals surface area contributed by atoms with E-state index < -0.39 is 0 Å². The van der Waals surface area contributed by atoms with Crippen LogP contribution in [0.4, 0.5) is 0 Å². The van der Waals surface area contributed by atoms with Crippen LogP contribution < -0.4 is 15.4 Å². The zero-order chi connectivity index (χ0) is 17.7. The fraction of sp³-hybridized carbons (Fsp3) is 0.667. The van der Waals surface area contributed by atoms with Crippen molar-refractivity contribution in [1.82, 2.24) is 15.6 Å². The highest BCUT2D eigenvalue weighted by molar-refractivity contribution is 5.79. The van der Waals surface area contributed by atoms with Crippen LogP contribution in [0.2, 0.25) is 0 Å². The molecule has 140 valence electrons. The van der Waals surface area contributed by atoms with Gasteiger partial charge in [-0.05, 0) is 38.3 Å². The zero-order valence-electron chi connectivity index (χ0n) is 15.3. The van der Waals surface area contributed by atoms with Gasteiger partial charge in [-0.1, -0.05) is 0 Å². The Morgan fingerprint density at radius 2 is 2.32 bits per heavy atom. The highest BCUT2D eigenvalue weighted by atomic mass is 16.5. The first-order chi connectivity index (χ1) is 12.3. The summed E-state index contributed by atoms with van der Waals surface area (Å²) < 4.78 is 16.5. The highest BCUT2D eigenvalue weighted by Gasteiger charge is 2.15. The molecule has 0 saturated carbocycles. The third-order valence-corrected chi connectivity index (χ3v) is 3.71. The molecule has 1 saturated heterocycles. The minimum absolute atomic E-state index is 0.271. The minimum atomic E-state index is 0.271. The average molecular weight is 350 g/mol. The maximum Gasteiger partial charge on any atom is 0.213 e. The Labute approximate surface area is 150 Å². The number of aromatic nitrogens is 1. The van der Waals surface area contributed by atoms with E-state index in [1.165, 1.54) is 0 Å². The molecule has 7 heteroatoms. The van der Waals surface area contributed by atoms with Crippen molar-refractivity contribution in [3.05, 3.63) is 23.9 Å². The van der Waals surface area contributed by atoms with E-state index in [4.69, 9.17) is 14.2 Å². The maximum absolute atomic E-state index is 5.76. The summed E-state index contributed by atoms with van der Waals surface area (Å²) in [5, 5.41) is 6.59. The van der Waals surface area contributed by atoms with Gasteiger partial charge >= 0.3 is 0 Å². The molecule has 1 aliphatic rings. The number of aliphatic imine (C=N–C) groups is 1. The Kier molecular flexibility index (Phi) is 9.07. The second-order valence-corrected chi connectivity index (χ2v) is 5.77. The van der Waals surface area contributed by atoms with Gasteiger partial charge in [-0.25, -0.2) is 9.98 Å². The molecule has 0 amide bonds. The van der Waals surface area contributed by atoms with Crippen LogP contribution in [0.3, 0.4) is 0 Å². The topological polar surface area (TPSA) is 77.0 Å². The lowest BCUT2D eigenvalue weighted by Crippen LogP contribution is -2.38. The summed E-state index contributed by atoms with van der Waals surface area (Å²) in [6.45, 7) is 9.12. The summed E-state index contributed by atoms with van der Waals surface area (Å²) in [6.07, 6.45) is 3.96. The van der Waals surface area contributed by atoms with Gasteiger partial charge < -0.3 is 24.8 Å². The van der Waals surface area contributed by atoms with Crippen molar-refractivity contribution in [3.8, 4) is 5.88 Å². The standard InChI is InChI=1S/C18H30N4O3/c1-3-19-18(21-8-5-10-25-16-7-11-23-14-16)22-13-15-6-9-20-17(12-15)24-4-2/h6,9,12,16H,3-5,7-8,10-11,13-14H2,1-2H3,(H2,19,21,22). The van der Waals surface area contributed by atoms with E-state index in [2.05, 4.69) is 27.5 Å². The minimum Gasteiger partial charge on any atom is -0.478 e. The lowest BCUT2D eigenvalue weighted by Gasteiger charge is -2.13. The van der Waals surface area contributed by atoms with Crippen LogP contribution in [0.25, 0.3) is 0 Å². The third kappa shape index (κ3) is 7.70. The van der Waals surface area contributed by atoms with Gasteiger partial charge in [0.25, 0.3) is 0 Å². The highest BCUT2D eigenvalue weighted by Crippen LogP contribution is 2.10. The summed E-state index contributed by atoms with van der Waals surface area (Å²) in [5.74, 6) is 1.45. The molecule has 1 aromatic rings. The average Bonchev–Trinajstić information content (AvgIpc) is 3.13. The van der Waals surface area contributed by atoms with Gasteiger partial charge in [-0.3, -0.25) is 0 Å². The van der Waals surface area contributed by atoms with E-state index in [-0.39, 0.29) is 6.10 Å². The van der Waals surface area contributed by atoms with Crippen LogP contribution in [-0.4, -0.2) is 56.6 Å².